The van der Waals surface area contributed by atoms with Crippen LogP contribution in [0.25, 0.3) is 0 Å². The Hall–Kier alpha value is -2.49. The second-order valence-corrected chi connectivity index (χ2v) is 4.70. The molecular formula is C17H19NO3. The van der Waals surface area contributed by atoms with E-state index in [2.05, 4.69) is 5.32 Å². The van der Waals surface area contributed by atoms with Gasteiger partial charge in [-0.2, -0.15) is 0 Å². The van der Waals surface area contributed by atoms with E-state index in [0.29, 0.717) is 23.6 Å². The van der Waals surface area contributed by atoms with E-state index in [1.807, 2.05) is 49.4 Å². The number of ether oxygens (including phenoxy) is 2. The van der Waals surface area contributed by atoms with Gasteiger partial charge in [0.25, 0.3) is 5.91 Å². The van der Waals surface area contributed by atoms with Crippen molar-refractivity contribution in [1.29, 1.82) is 0 Å². The minimum atomic E-state index is -0.111. The summed E-state index contributed by atoms with van der Waals surface area (Å²) in [6, 6.07) is 13.1. The number of amides is 1. The molecule has 0 radical (unpaired) electrons. The first-order valence-electron chi connectivity index (χ1n) is 6.70. The third-order valence-electron chi connectivity index (χ3n) is 3.24. The molecule has 0 bridgehead atoms. The topological polar surface area (TPSA) is 47.6 Å². The summed E-state index contributed by atoms with van der Waals surface area (Å²) in [4.78, 5) is 12.1. The van der Waals surface area contributed by atoms with E-state index >= 15 is 0 Å². The number of aryl methyl sites for hydroxylation is 1. The molecule has 110 valence electrons. The summed E-state index contributed by atoms with van der Waals surface area (Å²) in [7, 11) is 3.18. The van der Waals surface area contributed by atoms with Crippen LogP contribution in [0.1, 0.15) is 21.5 Å². The molecule has 0 aliphatic rings. The Labute approximate surface area is 124 Å². The van der Waals surface area contributed by atoms with E-state index in [1.54, 1.807) is 14.2 Å². The van der Waals surface area contributed by atoms with Crippen LogP contribution in [0, 0.1) is 6.92 Å². The third kappa shape index (κ3) is 3.54. The molecule has 2 rings (SSSR count). The second kappa shape index (κ2) is 6.79. The Kier molecular flexibility index (Phi) is 4.82. The van der Waals surface area contributed by atoms with Crippen molar-refractivity contribution in [2.45, 2.75) is 13.5 Å². The maximum absolute atomic E-state index is 12.1. The molecule has 0 spiro atoms. The Morgan fingerprint density at radius 1 is 1.05 bits per heavy atom. The minimum absolute atomic E-state index is 0.111. The lowest BCUT2D eigenvalue weighted by atomic mass is 10.1. The quantitative estimate of drug-likeness (QED) is 0.918. The molecule has 4 nitrogen and oxygen atoms in total. The minimum Gasteiger partial charge on any atom is -0.493 e. The van der Waals surface area contributed by atoms with E-state index < -0.39 is 0 Å². The number of methoxy groups -OCH3 is 2. The number of nitrogens with one attached hydrogen (secondary N) is 1. The fourth-order valence-corrected chi connectivity index (χ4v) is 2.08. The average Bonchev–Trinajstić information content (AvgIpc) is 2.52. The predicted octanol–water partition coefficient (Wildman–Crippen LogP) is 2.94. The van der Waals surface area contributed by atoms with Crippen LogP contribution in [0.5, 0.6) is 11.5 Å². The molecule has 1 amide bonds. The molecule has 0 atom stereocenters. The van der Waals surface area contributed by atoms with Gasteiger partial charge in [0.15, 0.2) is 11.5 Å². The summed E-state index contributed by atoms with van der Waals surface area (Å²) in [5.74, 6) is 1.18. The van der Waals surface area contributed by atoms with Crippen LogP contribution in [0.2, 0.25) is 0 Å². The van der Waals surface area contributed by atoms with Crippen molar-refractivity contribution >= 4 is 5.91 Å². The molecule has 0 aliphatic heterocycles. The molecule has 0 saturated heterocycles. The molecular weight excluding hydrogens is 266 g/mol. The molecule has 1 N–H and O–H groups in total. The van der Waals surface area contributed by atoms with Gasteiger partial charge in [0.1, 0.15) is 0 Å². The van der Waals surface area contributed by atoms with Crippen LogP contribution >= 0.6 is 0 Å². The number of benzene rings is 2. The average molecular weight is 285 g/mol. The standard InChI is InChI=1S/C17H19NO3/c1-12-7-9-13(10-8-12)17(19)18-11-14-5-4-6-15(20-2)16(14)21-3/h4-10H,11H2,1-3H3,(H,18,19). The molecule has 0 heterocycles. The Balaban J connectivity index is 2.09. The number of para-hydroxylation sites is 1. The zero-order chi connectivity index (χ0) is 15.2. The molecule has 0 aromatic heterocycles. The van der Waals surface area contributed by atoms with Crippen molar-refractivity contribution in [2.75, 3.05) is 14.2 Å². The van der Waals surface area contributed by atoms with E-state index in [4.69, 9.17) is 9.47 Å². The highest BCUT2D eigenvalue weighted by Gasteiger charge is 2.11. The van der Waals surface area contributed by atoms with Gasteiger partial charge in [-0.05, 0) is 25.1 Å². The van der Waals surface area contributed by atoms with Gasteiger partial charge < -0.3 is 14.8 Å². The first kappa shape index (κ1) is 14.9. The van der Waals surface area contributed by atoms with Gasteiger partial charge in [-0.1, -0.05) is 29.8 Å². The Morgan fingerprint density at radius 3 is 2.38 bits per heavy atom. The van der Waals surface area contributed by atoms with Gasteiger partial charge in [0.05, 0.1) is 14.2 Å². The third-order valence-corrected chi connectivity index (χ3v) is 3.24. The number of carbonyl (C=O) groups excluding carboxylic acids is 1. The highest BCUT2D eigenvalue weighted by atomic mass is 16.5. The monoisotopic (exact) mass is 285 g/mol. The Morgan fingerprint density at radius 2 is 1.76 bits per heavy atom. The van der Waals surface area contributed by atoms with Crippen molar-refractivity contribution < 1.29 is 14.3 Å². The maximum atomic E-state index is 12.1. The SMILES string of the molecule is COc1cccc(CNC(=O)c2ccc(C)cc2)c1OC. The first-order valence-corrected chi connectivity index (χ1v) is 6.70. The molecule has 2 aromatic carbocycles. The van der Waals surface area contributed by atoms with Gasteiger partial charge in [0, 0.05) is 17.7 Å². The summed E-state index contributed by atoms with van der Waals surface area (Å²) < 4.78 is 10.6. The van der Waals surface area contributed by atoms with E-state index in [0.717, 1.165) is 11.1 Å². The van der Waals surface area contributed by atoms with Gasteiger partial charge >= 0.3 is 0 Å². The number of hydrogen-bond donors (Lipinski definition) is 1. The normalized spacial score (nSPS) is 10.0. The zero-order valence-electron chi connectivity index (χ0n) is 12.5. The van der Waals surface area contributed by atoms with Crippen LogP contribution in [0.4, 0.5) is 0 Å². The lowest BCUT2D eigenvalue weighted by Gasteiger charge is -2.13. The summed E-state index contributed by atoms with van der Waals surface area (Å²) in [5.41, 5.74) is 2.64. The molecule has 0 unspecified atom stereocenters. The smallest absolute Gasteiger partial charge is 0.251 e. The van der Waals surface area contributed by atoms with E-state index in [9.17, 15) is 4.79 Å². The Bertz CT molecular complexity index is 620. The van der Waals surface area contributed by atoms with Crippen LogP contribution in [0.3, 0.4) is 0 Å². The van der Waals surface area contributed by atoms with Crippen LogP contribution in [0.15, 0.2) is 42.5 Å². The molecule has 21 heavy (non-hydrogen) atoms. The summed E-state index contributed by atoms with van der Waals surface area (Å²) in [6.45, 7) is 2.37. The van der Waals surface area contributed by atoms with Crippen molar-refractivity contribution in [3.8, 4) is 11.5 Å². The van der Waals surface area contributed by atoms with Gasteiger partial charge in [-0.15, -0.1) is 0 Å². The number of rotatable bonds is 5. The summed E-state index contributed by atoms with van der Waals surface area (Å²) >= 11 is 0. The molecule has 0 fully saturated rings. The van der Waals surface area contributed by atoms with E-state index in [1.165, 1.54) is 0 Å². The second-order valence-electron chi connectivity index (χ2n) is 4.70. The van der Waals surface area contributed by atoms with Crippen LogP contribution in [-0.4, -0.2) is 20.1 Å². The fourth-order valence-electron chi connectivity index (χ4n) is 2.08. The largest absolute Gasteiger partial charge is 0.493 e. The highest BCUT2D eigenvalue weighted by molar-refractivity contribution is 5.94. The molecule has 0 saturated carbocycles. The van der Waals surface area contributed by atoms with E-state index in [-0.39, 0.29) is 5.91 Å². The molecule has 0 aliphatic carbocycles. The molecule has 4 heteroatoms. The maximum Gasteiger partial charge on any atom is 0.251 e. The van der Waals surface area contributed by atoms with Gasteiger partial charge in [-0.25, -0.2) is 0 Å². The fraction of sp³-hybridized carbons (Fsp3) is 0.235. The van der Waals surface area contributed by atoms with Crippen LogP contribution < -0.4 is 14.8 Å². The van der Waals surface area contributed by atoms with Gasteiger partial charge in [0.2, 0.25) is 0 Å². The highest BCUT2D eigenvalue weighted by Crippen LogP contribution is 2.30. The first-order chi connectivity index (χ1) is 10.2. The van der Waals surface area contributed by atoms with Crippen molar-refractivity contribution in [1.82, 2.24) is 5.32 Å². The van der Waals surface area contributed by atoms with Crippen molar-refractivity contribution in [2.24, 2.45) is 0 Å². The lowest BCUT2D eigenvalue weighted by molar-refractivity contribution is 0.0950. The predicted molar refractivity (Wildman–Crippen MR) is 81.9 cm³/mol. The number of carbonyl (C=O) groups is 1. The van der Waals surface area contributed by atoms with Crippen molar-refractivity contribution in [3.05, 3.63) is 59.2 Å². The summed E-state index contributed by atoms with van der Waals surface area (Å²) in [6.07, 6.45) is 0. The number of hydrogen-bond acceptors (Lipinski definition) is 3. The van der Waals surface area contributed by atoms with Crippen LogP contribution in [-0.2, 0) is 6.54 Å². The lowest BCUT2D eigenvalue weighted by Crippen LogP contribution is -2.23. The zero-order valence-corrected chi connectivity index (χ0v) is 12.5. The summed E-state index contributed by atoms with van der Waals surface area (Å²) in [5, 5.41) is 2.89. The molecule has 2 aromatic rings. The van der Waals surface area contributed by atoms with Gasteiger partial charge in [-0.3, -0.25) is 4.79 Å². The van der Waals surface area contributed by atoms with Crippen molar-refractivity contribution in [3.63, 3.8) is 0 Å².